The predicted molar refractivity (Wildman–Crippen MR) is 68.8 cm³/mol. The molecule has 90 valence electrons. The van der Waals surface area contributed by atoms with E-state index in [1.165, 1.54) is 24.4 Å². The molecule has 2 unspecified atom stereocenters. The smallest absolute Gasteiger partial charge is 0.107 e. The van der Waals surface area contributed by atoms with E-state index in [-0.39, 0.29) is 0 Å². The van der Waals surface area contributed by atoms with Gasteiger partial charge < -0.3 is 10.2 Å². The van der Waals surface area contributed by atoms with Crippen molar-refractivity contribution in [3.63, 3.8) is 0 Å². The Bertz CT molecular complexity index is 337. The minimum absolute atomic E-state index is 0.662. The molecule has 0 amide bonds. The zero-order chi connectivity index (χ0) is 11.5. The second-order valence-corrected chi connectivity index (χ2v) is 5.76. The normalized spacial score (nSPS) is 27.2. The molecule has 1 aliphatic rings. The van der Waals surface area contributed by atoms with Crippen molar-refractivity contribution in [1.29, 1.82) is 0 Å². The lowest BCUT2D eigenvalue weighted by atomic mass is 9.99. The lowest BCUT2D eigenvalue weighted by Gasteiger charge is -2.35. The lowest BCUT2D eigenvalue weighted by molar-refractivity contribution is 0.168. The van der Waals surface area contributed by atoms with Crippen LogP contribution < -0.4 is 5.32 Å². The summed E-state index contributed by atoms with van der Waals surface area (Å²) in [4.78, 5) is 6.91. The number of piperidine rings is 1. The Labute approximate surface area is 102 Å². The summed E-state index contributed by atoms with van der Waals surface area (Å²) in [6.07, 6.45) is 2.51. The summed E-state index contributed by atoms with van der Waals surface area (Å²) in [6.45, 7) is 6.49. The fraction of sp³-hybridized carbons (Fsp3) is 0.750. The van der Waals surface area contributed by atoms with Crippen LogP contribution in [-0.4, -0.2) is 35.6 Å². The van der Waals surface area contributed by atoms with Crippen LogP contribution >= 0.6 is 11.3 Å². The van der Waals surface area contributed by atoms with Gasteiger partial charge in [-0.2, -0.15) is 0 Å². The Morgan fingerprint density at radius 1 is 1.62 bits per heavy atom. The van der Waals surface area contributed by atoms with Crippen molar-refractivity contribution in [2.75, 3.05) is 13.6 Å². The highest BCUT2D eigenvalue weighted by molar-refractivity contribution is 7.09. The fourth-order valence-electron chi connectivity index (χ4n) is 2.19. The molecule has 0 aromatic carbocycles. The van der Waals surface area contributed by atoms with Crippen LogP contribution in [0.5, 0.6) is 0 Å². The number of aromatic nitrogens is 1. The summed E-state index contributed by atoms with van der Waals surface area (Å²) in [6, 6.07) is 1.36. The Kier molecular flexibility index (Phi) is 3.95. The van der Waals surface area contributed by atoms with Gasteiger partial charge in [-0.25, -0.2) is 4.98 Å². The largest absolute Gasteiger partial charge is 0.308 e. The molecule has 1 fully saturated rings. The van der Waals surface area contributed by atoms with Gasteiger partial charge in [-0.3, -0.25) is 0 Å². The van der Waals surface area contributed by atoms with Crippen molar-refractivity contribution >= 4 is 11.3 Å². The van der Waals surface area contributed by atoms with Crippen LogP contribution in [0, 0.1) is 6.92 Å². The molecular formula is C12H21N3S. The van der Waals surface area contributed by atoms with E-state index in [1.807, 2.05) is 0 Å². The number of thiazole rings is 1. The molecule has 4 heteroatoms. The van der Waals surface area contributed by atoms with Crippen molar-refractivity contribution in [3.8, 4) is 0 Å². The molecule has 0 radical (unpaired) electrons. The van der Waals surface area contributed by atoms with Crippen LogP contribution in [0.2, 0.25) is 0 Å². The van der Waals surface area contributed by atoms with Gasteiger partial charge in [0.1, 0.15) is 5.01 Å². The second kappa shape index (κ2) is 5.25. The maximum absolute atomic E-state index is 4.47. The van der Waals surface area contributed by atoms with Crippen molar-refractivity contribution < 1.29 is 0 Å². The average Bonchev–Trinajstić information content (AvgIpc) is 2.66. The molecule has 1 aromatic heterocycles. The molecule has 1 saturated heterocycles. The van der Waals surface area contributed by atoms with Crippen LogP contribution in [0.15, 0.2) is 5.38 Å². The van der Waals surface area contributed by atoms with E-state index in [9.17, 15) is 0 Å². The fourth-order valence-corrected chi connectivity index (χ4v) is 2.91. The van der Waals surface area contributed by atoms with Crippen LogP contribution in [0.1, 0.15) is 30.5 Å². The topological polar surface area (TPSA) is 28.2 Å². The molecule has 3 nitrogen and oxygen atoms in total. The average molecular weight is 239 g/mol. The Morgan fingerprint density at radius 3 is 3.06 bits per heavy atom. The van der Waals surface area contributed by atoms with Crippen LogP contribution in [-0.2, 0) is 6.54 Å². The summed E-state index contributed by atoms with van der Waals surface area (Å²) < 4.78 is 0. The molecule has 0 bridgehead atoms. The van der Waals surface area contributed by atoms with Gasteiger partial charge in [-0.05, 0) is 40.3 Å². The van der Waals surface area contributed by atoms with E-state index in [2.05, 4.69) is 41.5 Å². The third-order valence-corrected chi connectivity index (χ3v) is 4.38. The highest BCUT2D eigenvalue weighted by Crippen LogP contribution is 2.16. The first kappa shape index (κ1) is 12.0. The summed E-state index contributed by atoms with van der Waals surface area (Å²) in [5.74, 6) is 0. The highest BCUT2D eigenvalue weighted by Gasteiger charge is 2.22. The number of hydrogen-bond acceptors (Lipinski definition) is 4. The summed E-state index contributed by atoms with van der Waals surface area (Å²) in [5.41, 5.74) is 1.14. The molecule has 2 rings (SSSR count). The van der Waals surface area contributed by atoms with E-state index < -0.39 is 0 Å². The molecule has 0 aliphatic carbocycles. The Balaban J connectivity index is 1.78. The molecule has 1 aromatic rings. The van der Waals surface area contributed by atoms with Gasteiger partial charge in [0.15, 0.2) is 0 Å². The van der Waals surface area contributed by atoms with Crippen molar-refractivity contribution in [2.24, 2.45) is 0 Å². The number of aryl methyl sites for hydroxylation is 1. The zero-order valence-electron chi connectivity index (χ0n) is 10.4. The van der Waals surface area contributed by atoms with Crippen molar-refractivity contribution in [1.82, 2.24) is 15.2 Å². The molecule has 2 atom stereocenters. The first-order chi connectivity index (χ1) is 7.65. The Hall–Kier alpha value is -0.450. The first-order valence-electron chi connectivity index (χ1n) is 6.00. The van der Waals surface area contributed by atoms with E-state index in [1.54, 1.807) is 11.3 Å². The molecule has 0 spiro atoms. The third kappa shape index (κ3) is 3.03. The highest BCUT2D eigenvalue weighted by atomic mass is 32.1. The molecule has 1 N–H and O–H groups in total. The summed E-state index contributed by atoms with van der Waals surface area (Å²) in [5, 5.41) is 6.95. The lowest BCUT2D eigenvalue weighted by Crippen LogP contribution is -2.45. The molecule has 0 saturated carbocycles. The van der Waals surface area contributed by atoms with Gasteiger partial charge in [-0.15, -0.1) is 11.3 Å². The number of nitrogens with one attached hydrogen (secondary N) is 1. The minimum Gasteiger partial charge on any atom is -0.308 e. The van der Waals surface area contributed by atoms with Gasteiger partial charge in [0.2, 0.25) is 0 Å². The SMILES string of the molecule is Cc1csc(CNC2CCN(C)C(C)C2)n1. The number of likely N-dealkylation sites (tertiary alicyclic amines) is 1. The molecular weight excluding hydrogens is 218 g/mol. The quantitative estimate of drug-likeness (QED) is 0.875. The van der Waals surface area contributed by atoms with Crippen molar-refractivity contribution in [2.45, 2.75) is 45.3 Å². The summed E-state index contributed by atoms with van der Waals surface area (Å²) >= 11 is 1.76. The zero-order valence-corrected chi connectivity index (χ0v) is 11.2. The summed E-state index contributed by atoms with van der Waals surface area (Å²) in [7, 11) is 2.21. The van der Waals surface area contributed by atoms with Crippen molar-refractivity contribution in [3.05, 3.63) is 16.1 Å². The van der Waals surface area contributed by atoms with E-state index in [0.29, 0.717) is 12.1 Å². The maximum Gasteiger partial charge on any atom is 0.107 e. The van der Waals surface area contributed by atoms with Gasteiger partial charge in [0.25, 0.3) is 0 Å². The third-order valence-electron chi connectivity index (χ3n) is 3.42. The standard InChI is InChI=1S/C12H21N3S/c1-9-8-16-12(14-9)7-13-11-4-5-15(3)10(2)6-11/h8,10-11,13H,4-7H2,1-3H3. The number of nitrogens with zero attached hydrogens (tertiary/aromatic N) is 2. The van der Waals surface area contributed by atoms with E-state index in [0.717, 1.165) is 12.2 Å². The van der Waals surface area contributed by atoms with Crippen LogP contribution in [0.25, 0.3) is 0 Å². The van der Waals surface area contributed by atoms with Crippen LogP contribution in [0.4, 0.5) is 0 Å². The second-order valence-electron chi connectivity index (χ2n) is 4.81. The molecule has 1 aliphatic heterocycles. The predicted octanol–water partition coefficient (Wildman–Crippen LogP) is 2.02. The van der Waals surface area contributed by atoms with Gasteiger partial charge in [0.05, 0.1) is 0 Å². The first-order valence-corrected chi connectivity index (χ1v) is 6.87. The molecule has 2 heterocycles. The molecule has 16 heavy (non-hydrogen) atoms. The van der Waals surface area contributed by atoms with Crippen LogP contribution in [0.3, 0.4) is 0 Å². The van der Waals surface area contributed by atoms with Gasteiger partial charge >= 0.3 is 0 Å². The number of rotatable bonds is 3. The Morgan fingerprint density at radius 2 is 2.44 bits per heavy atom. The minimum atomic E-state index is 0.662. The van der Waals surface area contributed by atoms with Gasteiger partial charge in [0, 0.05) is 29.7 Å². The monoisotopic (exact) mass is 239 g/mol. The van der Waals surface area contributed by atoms with E-state index >= 15 is 0 Å². The van der Waals surface area contributed by atoms with E-state index in [4.69, 9.17) is 0 Å². The number of hydrogen-bond donors (Lipinski definition) is 1. The van der Waals surface area contributed by atoms with Gasteiger partial charge in [-0.1, -0.05) is 0 Å². The maximum atomic E-state index is 4.47.